The summed E-state index contributed by atoms with van der Waals surface area (Å²) in [6.07, 6.45) is 6.43. The predicted molar refractivity (Wildman–Crippen MR) is 61.0 cm³/mol. The molecule has 0 saturated carbocycles. The first-order chi connectivity index (χ1) is 7.81. The molecular weight excluding hydrogens is 200 g/mol. The van der Waals surface area contributed by atoms with Gasteiger partial charge in [-0.15, -0.1) is 0 Å². The molecule has 0 amide bonds. The number of H-pyrrole nitrogens is 1. The van der Waals surface area contributed by atoms with Crippen LogP contribution in [0.2, 0.25) is 0 Å². The summed E-state index contributed by atoms with van der Waals surface area (Å²) >= 11 is 0. The van der Waals surface area contributed by atoms with Gasteiger partial charge in [0.15, 0.2) is 0 Å². The quantitative estimate of drug-likeness (QED) is 0.750. The van der Waals surface area contributed by atoms with E-state index in [1.54, 1.807) is 6.33 Å². The molecule has 0 saturated heterocycles. The second kappa shape index (κ2) is 3.42. The van der Waals surface area contributed by atoms with Gasteiger partial charge >= 0.3 is 0 Å². The Kier molecular flexibility index (Phi) is 2.04. The highest BCUT2D eigenvalue weighted by atomic mass is 15.1. The SMILES string of the molecule is CC1(c2ccncc2)NCCc2[nH]cnc21. The van der Waals surface area contributed by atoms with Crippen LogP contribution in [0.1, 0.15) is 23.9 Å². The molecule has 0 radical (unpaired) electrons. The van der Waals surface area contributed by atoms with Crippen molar-refractivity contribution in [3.63, 3.8) is 0 Å². The van der Waals surface area contributed by atoms with Crippen molar-refractivity contribution < 1.29 is 0 Å². The fraction of sp³-hybridized carbons (Fsp3) is 0.333. The number of hydrogen-bond donors (Lipinski definition) is 2. The fourth-order valence-electron chi connectivity index (χ4n) is 2.39. The molecule has 2 aromatic rings. The molecule has 0 spiro atoms. The van der Waals surface area contributed by atoms with Crippen molar-refractivity contribution in [2.75, 3.05) is 6.54 Å². The molecule has 4 nitrogen and oxygen atoms in total. The van der Waals surface area contributed by atoms with Crippen molar-refractivity contribution in [3.8, 4) is 0 Å². The van der Waals surface area contributed by atoms with Crippen LogP contribution in [0, 0.1) is 0 Å². The fourth-order valence-corrected chi connectivity index (χ4v) is 2.39. The molecule has 0 aliphatic carbocycles. The highest BCUT2D eigenvalue weighted by Gasteiger charge is 2.35. The summed E-state index contributed by atoms with van der Waals surface area (Å²) in [7, 11) is 0. The Labute approximate surface area is 94.1 Å². The summed E-state index contributed by atoms with van der Waals surface area (Å²) in [6.45, 7) is 3.13. The number of nitrogens with zero attached hydrogens (tertiary/aromatic N) is 2. The minimum atomic E-state index is -0.198. The molecule has 1 aliphatic rings. The van der Waals surface area contributed by atoms with Gasteiger partial charge in [-0.2, -0.15) is 0 Å². The normalized spacial score (nSPS) is 24.1. The van der Waals surface area contributed by atoms with Crippen molar-refractivity contribution in [1.29, 1.82) is 0 Å². The first-order valence-electron chi connectivity index (χ1n) is 5.49. The van der Waals surface area contributed by atoms with Crippen molar-refractivity contribution in [3.05, 3.63) is 47.8 Å². The summed E-state index contributed by atoms with van der Waals surface area (Å²) in [5.74, 6) is 0. The molecule has 1 aliphatic heterocycles. The molecule has 0 fully saturated rings. The van der Waals surface area contributed by atoms with Crippen molar-refractivity contribution in [1.82, 2.24) is 20.3 Å². The molecule has 1 atom stereocenters. The van der Waals surface area contributed by atoms with Gasteiger partial charge in [-0.25, -0.2) is 4.98 Å². The maximum atomic E-state index is 4.45. The molecular formula is C12H14N4. The summed E-state index contributed by atoms with van der Waals surface area (Å²) in [5, 5.41) is 3.54. The number of pyridine rings is 1. The minimum absolute atomic E-state index is 0.198. The molecule has 82 valence electrons. The minimum Gasteiger partial charge on any atom is -0.348 e. The summed E-state index contributed by atoms with van der Waals surface area (Å²) in [6, 6.07) is 4.08. The first kappa shape index (κ1) is 9.54. The summed E-state index contributed by atoms with van der Waals surface area (Å²) in [4.78, 5) is 11.7. The number of nitrogens with one attached hydrogen (secondary N) is 2. The Hall–Kier alpha value is -1.68. The van der Waals surface area contributed by atoms with Gasteiger partial charge in [0.05, 0.1) is 17.6 Å². The van der Waals surface area contributed by atoms with E-state index in [1.165, 1.54) is 11.3 Å². The van der Waals surface area contributed by atoms with Gasteiger partial charge < -0.3 is 10.3 Å². The lowest BCUT2D eigenvalue weighted by molar-refractivity contribution is 0.403. The van der Waals surface area contributed by atoms with E-state index >= 15 is 0 Å². The number of fused-ring (bicyclic) bond motifs is 1. The van der Waals surface area contributed by atoms with E-state index < -0.39 is 0 Å². The average molecular weight is 214 g/mol. The third-order valence-electron chi connectivity index (χ3n) is 3.30. The van der Waals surface area contributed by atoms with E-state index in [4.69, 9.17) is 0 Å². The van der Waals surface area contributed by atoms with Gasteiger partial charge in [0.1, 0.15) is 0 Å². The van der Waals surface area contributed by atoms with E-state index in [0.29, 0.717) is 0 Å². The van der Waals surface area contributed by atoms with Crippen LogP contribution >= 0.6 is 0 Å². The molecule has 0 bridgehead atoms. The Morgan fingerprint density at radius 3 is 2.94 bits per heavy atom. The lowest BCUT2D eigenvalue weighted by atomic mass is 9.85. The van der Waals surface area contributed by atoms with Crippen LogP contribution in [0.25, 0.3) is 0 Å². The largest absolute Gasteiger partial charge is 0.348 e. The average Bonchev–Trinajstić information content (AvgIpc) is 2.80. The van der Waals surface area contributed by atoms with Gasteiger partial charge in [-0.05, 0) is 24.6 Å². The third kappa shape index (κ3) is 1.27. The first-order valence-corrected chi connectivity index (χ1v) is 5.49. The highest BCUT2D eigenvalue weighted by Crippen LogP contribution is 2.31. The Morgan fingerprint density at radius 2 is 2.12 bits per heavy atom. The number of aromatic nitrogens is 3. The van der Waals surface area contributed by atoms with Crippen LogP contribution in [0.15, 0.2) is 30.9 Å². The number of hydrogen-bond acceptors (Lipinski definition) is 3. The van der Waals surface area contributed by atoms with Crippen LogP contribution in [0.3, 0.4) is 0 Å². The van der Waals surface area contributed by atoms with Gasteiger partial charge in [-0.1, -0.05) is 0 Å². The van der Waals surface area contributed by atoms with Gasteiger partial charge in [-0.3, -0.25) is 4.98 Å². The lowest BCUT2D eigenvalue weighted by Crippen LogP contribution is -2.46. The number of imidazole rings is 1. The molecule has 1 unspecified atom stereocenters. The van der Waals surface area contributed by atoms with E-state index in [-0.39, 0.29) is 5.54 Å². The van der Waals surface area contributed by atoms with Crippen LogP contribution < -0.4 is 5.32 Å². The number of aromatic amines is 1. The van der Waals surface area contributed by atoms with Gasteiger partial charge in [0.25, 0.3) is 0 Å². The topological polar surface area (TPSA) is 53.6 Å². The van der Waals surface area contributed by atoms with Crippen LogP contribution in [0.5, 0.6) is 0 Å². The van der Waals surface area contributed by atoms with E-state index in [0.717, 1.165) is 18.7 Å². The highest BCUT2D eigenvalue weighted by molar-refractivity contribution is 5.36. The van der Waals surface area contributed by atoms with Gasteiger partial charge in [0, 0.05) is 31.1 Å². The lowest BCUT2D eigenvalue weighted by Gasteiger charge is -2.34. The zero-order valence-corrected chi connectivity index (χ0v) is 9.20. The maximum Gasteiger partial charge on any atom is 0.0926 e. The van der Waals surface area contributed by atoms with Crippen molar-refractivity contribution in [2.24, 2.45) is 0 Å². The van der Waals surface area contributed by atoms with E-state index in [1.807, 2.05) is 24.5 Å². The van der Waals surface area contributed by atoms with Crippen LogP contribution in [-0.2, 0) is 12.0 Å². The van der Waals surface area contributed by atoms with Gasteiger partial charge in [0.2, 0.25) is 0 Å². The molecule has 2 N–H and O–H groups in total. The zero-order chi connectivity index (χ0) is 11.0. The van der Waals surface area contributed by atoms with E-state index in [9.17, 15) is 0 Å². The molecule has 16 heavy (non-hydrogen) atoms. The second-order valence-electron chi connectivity index (χ2n) is 4.27. The van der Waals surface area contributed by atoms with Crippen molar-refractivity contribution in [2.45, 2.75) is 18.9 Å². The monoisotopic (exact) mass is 214 g/mol. The number of rotatable bonds is 1. The van der Waals surface area contributed by atoms with E-state index in [2.05, 4.69) is 27.2 Å². The Balaban J connectivity index is 2.14. The predicted octanol–water partition coefficient (Wildman–Crippen LogP) is 1.21. The maximum absolute atomic E-state index is 4.45. The van der Waals surface area contributed by atoms with Crippen LogP contribution in [-0.4, -0.2) is 21.5 Å². The third-order valence-corrected chi connectivity index (χ3v) is 3.30. The molecule has 2 aromatic heterocycles. The molecule has 0 aromatic carbocycles. The summed E-state index contributed by atoms with van der Waals surface area (Å²) in [5.41, 5.74) is 3.34. The van der Waals surface area contributed by atoms with Crippen molar-refractivity contribution >= 4 is 0 Å². The Morgan fingerprint density at radius 1 is 1.31 bits per heavy atom. The molecule has 3 heterocycles. The standard InChI is InChI=1S/C12H14N4/c1-12(9-2-5-13-6-3-9)11-10(4-7-16-12)14-8-15-11/h2-3,5-6,8,16H,4,7H2,1H3,(H,14,15). The second-order valence-corrected chi connectivity index (χ2v) is 4.27. The smallest absolute Gasteiger partial charge is 0.0926 e. The Bertz CT molecular complexity index is 491. The van der Waals surface area contributed by atoms with Crippen LogP contribution in [0.4, 0.5) is 0 Å². The zero-order valence-electron chi connectivity index (χ0n) is 9.20. The molecule has 4 heteroatoms. The molecule has 3 rings (SSSR count). The summed E-state index contributed by atoms with van der Waals surface area (Å²) < 4.78 is 0.